The van der Waals surface area contributed by atoms with E-state index in [-0.39, 0.29) is 67.3 Å². The van der Waals surface area contributed by atoms with Gasteiger partial charge in [0.25, 0.3) is 5.60 Å². The molecule has 3 atom stereocenters. The zero-order chi connectivity index (χ0) is 31.4. The number of ether oxygens (including phenoxy) is 1. The van der Waals surface area contributed by atoms with E-state index < -0.39 is 45.7 Å². The van der Waals surface area contributed by atoms with Crippen molar-refractivity contribution in [1.29, 1.82) is 0 Å². The first-order valence-corrected chi connectivity index (χ1v) is 14.6. The highest BCUT2D eigenvalue weighted by Gasteiger charge is 2.71. The van der Waals surface area contributed by atoms with E-state index in [4.69, 9.17) is 10.5 Å². The van der Waals surface area contributed by atoms with E-state index in [1.165, 1.54) is 21.3 Å². The maximum atomic E-state index is 13.4. The van der Waals surface area contributed by atoms with Crippen molar-refractivity contribution in [3.8, 4) is 0 Å². The van der Waals surface area contributed by atoms with Crippen LogP contribution in [0.25, 0.3) is 0 Å². The summed E-state index contributed by atoms with van der Waals surface area (Å²) in [5.41, 5.74) is -1.22. The average molecular weight is 642 g/mol. The molecule has 5 rings (SSSR count). The third-order valence-corrected chi connectivity index (χ3v) is 9.89. The lowest BCUT2D eigenvalue weighted by atomic mass is 9.91. The van der Waals surface area contributed by atoms with Crippen LogP contribution < -0.4 is 10.6 Å². The Bertz CT molecular complexity index is 1370. The molecule has 0 radical (unpaired) electrons. The largest absolute Gasteiger partial charge is 0.430 e. The smallest absolute Gasteiger partial charge is 0.393 e. The molecule has 0 saturated carbocycles. The van der Waals surface area contributed by atoms with E-state index in [0.717, 1.165) is 6.20 Å². The minimum absolute atomic E-state index is 0.0588. The molecule has 3 saturated heterocycles. The number of halogens is 6. The number of rotatable bonds is 6. The maximum Gasteiger partial charge on any atom is 0.430 e. The van der Waals surface area contributed by atoms with Crippen molar-refractivity contribution in [1.82, 2.24) is 24.2 Å². The Labute approximate surface area is 242 Å². The van der Waals surface area contributed by atoms with E-state index in [1.807, 2.05) is 0 Å². The predicted molar refractivity (Wildman–Crippen MR) is 137 cm³/mol. The standard InChI is InChI=1S/C24H29F6N7O5S/c25-23(26,27)22(39,24(28,29)30)14-7-33-21(34-8-14)36-4-3-35(43(40,41)19-1-2-20(31)32-9-19)10-17(36)11-37-15-5-18(38)6-16(37)13-42-12-15/h1-2,7-9,15-18,38-39H,3-6,10-13H2,(H2,31,32)/t15?,16?,17-,18?/m1/s1. The van der Waals surface area contributed by atoms with Gasteiger partial charge in [0, 0.05) is 62.4 Å². The number of pyridine rings is 1. The average Bonchev–Trinajstić information content (AvgIpc) is 2.92. The number of nitrogens with two attached hydrogens (primary N) is 1. The van der Waals surface area contributed by atoms with Crippen LogP contribution in [-0.4, -0.2) is 119 Å². The molecule has 0 aliphatic carbocycles. The molecule has 4 N–H and O–H groups in total. The number of nitrogens with zero attached hydrogens (tertiary/aromatic N) is 6. The minimum Gasteiger partial charge on any atom is -0.393 e. The fourth-order valence-electron chi connectivity index (χ4n) is 5.80. The van der Waals surface area contributed by atoms with E-state index in [0.29, 0.717) is 26.1 Å². The number of hydrogen-bond acceptors (Lipinski definition) is 11. The van der Waals surface area contributed by atoms with Gasteiger partial charge < -0.3 is 25.6 Å². The van der Waals surface area contributed by atoms with E-state index in [2.05, 4.69) is 19.9 Å². The van der Waals surface area contributed by atoms with Crippen LogP contribution in [0.1, 0.15) is 18.4 Å². The molecule has 2 aromatic heterocycles. The number of aliphatic hydroxyl groups excluding tert-OH is 1. The summed E-state index contributed by atoms with van der Waals surface area (Å²) in [4.78, 5) is 14.8. The second kappa shape index (κ2) is 11.3. The van der Waals surface area contributed by atoms with Crippen LogP contribution >= 0.6 is 0 Å². The highest BCUT2D eigenvalue weighted by atomic mass is 32.2. The summed E-state index contributed by atoms with van der Waals surface area (Å²) in [7, 11) is -4.06. The van der Waals surface area contributed by atoms with Crippen molar-refractivity contribution in [2.45, 2.75) is 59.9 Å². The van der Waals surface area contributed by atoms with Gasteiger partial charge >= 0.3 is 12.4 Å². The summed E-state index contributed by atoms with van der Waals surface area (Å²) in [5.74, 6) is -0.128. The molecule has 0 aromatic carbocycles. The molecule has 2 bridgehead atoms. The number of piperazine rings is 1. The number of aromatic nitrogens is 3. The summed E-state index contributed by atoms with van der Waals surface area (Å²) < 4.78 is 114. The summed E-state index contributed by atoms with van der Waals surface area (Å²) in [5, 5.41) is 20.0. The molecule has 0 amide bonds. The van der Waals surface area contributed by atoms with Crippen LogP contribution in [0.15, 0.2) is 35.6 Å². The molecule has 3 aliphatic heterocycles. The van der Waals surface area contributed by atoms with Gasteiger partial charge in [-0.1, -0.05) is 0 Å². The molecule has 3 aliphatic rings. The van der Waals surface area contributed by atoms with Gasteiger partial charge in [0.05, 0.1) is 25.4 Å². The highest BCUT2D eigenvalue weighted by Crippen LogP contribution is 2.49. The molecular weight excluding hydrogens is 612 g/mol. The number of fused-ring (bicyclic) bond motifs is 2. The fourth-order valence-corrected chi connectivity index (χ4v) is 7.22. The van der Waals surface area contributed by atoms with Gasteiger partial charge in [-0.3, -0.25) is 4.90 Å². The van der Waals surface area contributed by atoms with Gasteiger partial charge in [0.1, 0.15) is 10.7 Å². The van der Waals surface area contributed by atoms with Crippen LogP contribution in [0.2, 0.25) is 0 Å². The molecule has 43 heavy (non-hydrogen) atoms. The molecule has 0 spiro atoms. The van der Waals surface area contributed by atoms with Gasteiger partial charge in [-0.2, -0.15) is 30.6 Å². The molecule has 238 valence electrons. The second-order valence-electron chi connectivity index (χ2n) is 10.8. The normalized spacial score (nSPS) is 26.5. The van der Waals surface area contributed by atoms with Gasteiger partial charge in [0.2, 0.25) is 16.0 Å². The number of aliphatic hydroxyl groups is 2. The lowest BCUT2D eigenvalue weighted by molar-refractivity contribution is -0.376. The third-order valence-electron chi connectivity index (χ3n) is 8.04. The minimum atomic E-state index is -6.10. The zero-order valence-electron chi connectivity index (χ0n) is 22.4. The first-order valence-electron chi connectivity index (χ1n) is 13.2. The number of morpholine rings is 1. The molecule has 2 unspecified atom stereocenters. The van der Waals surface area contributed by atoms with Crippen LogP contribution in [0.3, 0.4) is 0 Å². The fraction of sp³-hybridized carbons (Fsp3) is 0.625. The number of anilines is 2. The Morgan fingerprint density at radius 2 is 1.56 bits per heavy atom. The quantitative estimate of drug-likeness (QED) is 0.385. The second-order valence-corrected chi connectivity index (χ2v) is 12.7. The summed E-state index contributed by atoms with van der Waals surface area (Å²) in [6, 6.07) is 1.53. The van der Waals surface area contributed by atoms with Crippen molar-refractivity contribution in [2.24, 2.45) is 0 Å². The van der Waals surface area contributed by atoms with Crippen molar-refractivity contribution >= 4 is 21.8 Å². The van der Waals surface area contributed by atoms with Crippen LogP contribution in [0, 0.1) is 0 Å². The topological polar surface area (TPSA) is 158 Å². The number of hydrogen-bond donors (Lipinski definition) is 3. The Morgan fingerprint density at radius 3 is 2.09 bits per heavy atom. The number of sulfonamides is 1. The maximum absolute atomic E-state index is 13.4. The van der Waals surface area contributed by atoms with Crippen LogP contribution in [0.4, 0.5) is 38.1 Å². The summed E-state index contributed by atoms with van der Waals surface area (Å²) >= 11 is 0. The molecule has 19 heteroatoms. The molecule has 2 aromatic rings. The van der Waals surface area contributed by atoms with Crippen molar-refractivity contribution in [3.05, 3.63) is 36.3 Å². The predicted octanol–water partition coefficient (Wildman–Crippen LogP) is 0.870. The lowest BCUT2D eigenvalue weighted by Gasteiger charge is -2.50. The number of alkyl halides is 6. The van der Waals surface area contributed by atoms with Crippen molar-refractivity contribution in [2.75, 3.05) is 50.0 Å². The molecular formula is C24H29F6N7O5S. The van der Waals surface area contributed by atoms with Crippen molar-refractivity contribution in [3.63, 3.8) is 0 Å². The number of nitrogen functional groups attached to an aromatic ring is 1. The lowest BCUT2D eigenvalue weighted by Crippen LogP contribution is -2.64. The highest BCUT2D eigenvalue weighted by molar-refractivity contribution is 7.89. The van der Waals surface area contributed by atoms with Gasteiger partial charge in [-0.15, -0.1) is 0 Å². The Hall–Kier alpha value is -2.84. The number of piperidine rings is 1. The van der Waals surface area contributed by atoms with Gasteiger partial charge in [-0.25, -0.2) is 23.4 Å². The van der Waals surface area contributed by atoms with Gasteiger partial charge in [0.15, 0.2) is 0 Å². The summed E-state index contributed by atoms with van der Waals surface area (Å²) in [6.07, 6.45) is -10.3. The van der Waals surface area contributed by atoms with E-state index in [1.54, 1.807) is 0 Å². The molecule has 5 heterocycles. The summed E-state index contributed by atoms with van der Waals surface area (Å²) in [6.45, 7) is 0.536. The first-order chi connectivity index (χ1) is 20.0. The van der Waals surface area contributed by atoms with Gasteiger partial charge in [-0.05, 0) is 25.0 Å². The van der Waals surface area contributed by atoms with Crippen LogP contribution in [-0.2, 0) is 20.4 Å². The zero-order valence-corrected chi connectivity index (χ0v) is 23.2. The third kappa shape index (κ3) is 5.85. The Balaban J connectivity index is 1.46. The van der Waals surface area contributed by atoms with Crippen LogP contribution in [0.5, 0.6) is 0 Å². The SMILES string of the molecule is Nc1ccc(S(=O)(=O)N2CCN(c3ncc(C(O)(C(F)(F)F)C(F)(F)F)cn3)[C@@H](CN3C4COCC3CC(O)C4)C2)cn1. The Morgan fingerprint density at radius 1 is 0.953 bits per heavy atom. The van der Waals surface area contributed by atoms with E-state index >= 15 is 0 Å². The monoisotopic (exact) mass is 641 g/mol. The van der Waals surface area contributed by atoms with Crippen molar-refractivity contribution < 1.29 is 49.7 Å². The first kappa shape index (κ1) is 31.6. The Kier molecular flexibility index (Phi) is 8.27. The molecule has 3 fully saturated rings. The van der Waals surface area contributed by atoms with E-state index in [9.17, 15) is 45.0 Å². The molecule has 12 nitrogen and oxygen atoms in total.